The van der Waals surface area contributed by atoms with Crippen molar-refractivity contribution in [2.45, 2.75) is 25.7 Å². The summed E-state index contributed by atoms with van der Waals surface area (Å²) in [5, 5.41) is 18.1. The summed E-state index contributed by atoms with van der Waals surface area (Å²) in [5.41, 5.74) is 1.02. The van der Waals surface area contributed by atoms with Crippen LogP contribution in [-0.4, -0.2) is 41.6 Å². The Hall–Kier alpha value is -1.43. The van der Waals surface area contributed by atoms with E-state index in [2.05, 4.69) is 0 Å². The topological polar surface area (TPSA) is 76.0 Å². The van der Waals surface area contributed by atoms with Crippen molar-refractivity contribution in [3.05, 3.63) is 35.9 Å². The lowest BCUT2D eigenvalue weighted by Gasteiger charge is -2.14. The number of aliphatic hydroxyl groups is 1. The predicted octanol–water partition coefficient (Wildman–Crippen LogP) is 1.05. The maximum atomic E-state index is 10.5. The fourth-order valence-corrected chi connectivity index (χ4v) is 1.26. The van der Waals surface area contributed by atoms with Crippen molar-refractivity contribution >= 4 is 5.97 Å². The molecule has 1 aromatic rings. The first-order chi connectivity index (χ1) is 8.59. The van der Waals surface area contributed by atoms with Crippen LogP contribution in [0.1, 0.15) is 12.5 Å². The number of hydrogen-bond donors (Lipinski definition) is 2. The summed E-state index contributed by atoms with van der Waals surface area (Å²) in [4.78, 5) is 10.5. The number of ether oxygens (including phenoxy) is 2. The van der Waals surface area contributed by atoms with E-state index in [1.54, 1.807) is 0 Å². The summed E-state index contributed by atoms with van der Waals surface area (Å²) in [6.07, 6.45) is -1.75. The molecule has 18 heavy (non-hydrogen) atoms. The van der Waals surface area contributed by atoms with Crippen LogP contribution in [0, 0.1) is 0 Å². The fraction of sp³-hybridized carbons (Fsp3) is 0.462. The van der Waals surface area contributed by atoms with Gasteiger partial charge in [-0.2, -0.15) is 0 Å². The van der Waals surface area contributed by atoms with E-state index in [9.17, 15) is 9.90 Å². The van der Waals surface area contributed by atoms with Gasteiger partial charge < -0.3 is 19.7 Å². The van der Waals surface area contributed by atoms with Crippen LogP contribution in [0.2, 0.25) is 0 Å². The Balaban J connectivity index is 2.14. The van der Waals surface area contributed by atoms with Crippen LogP contribution >= 0.6 is 0 Å². The highest BCUT2D eigenvalue weighted by atomic mass is 16.5. The van der Waals surface area contributed by atoms with E-state index < -0.39 is 18.2 Å². The zero-order valence-electron chi connectivity index (χ0n) is 10.3. The third-order valence-electron chi connectivity index (χ3n) is 2.31. The van der Waals surface area contributed by atoms with Crippen LogP contribution < -0.4 is 0 Å². The lowest BCUT2D eigenvalue weighted by atomic mass is 10.2. The van der Waals surface area contributed by atoms with E-state index in [1.165, 1.54) is 6.92 Å². The number of rotatable bonds is 8. The van der Waals surface area contributed by atoms with E-state index in [4.69, 9.17) is 14.6 Å². The van der Waals surface area contributed by atoms with Gasteiger partial charge in [-0.05, 0) is 12.5 Å². The minimum atomic E-state index is -1.05. The molecule has 0 aromatic heterocycles. The SMILES string of the molecule is C[C@@H](OCC(O)COCc1ccccc1)C(=O)O. The molecule has 5 heteroatoms. The molecule has 0 amide bonds. The van der Waals surface area contributed by atoms with Crippen LogP contribution in [0.3, 0.4) is 0 Å². The largest absolute Gasteiger partial charge is 0.479 e. The number of aliphatic hydroxyl groups excluding tert-OH is 1. The summed E-state index contributed by atoms with van der Waals surface area (Å²) >= 11 is 0. The van der Waals surface area contributed by atoms with Gasteiger partial charge in [0.2, 0.25) is 0 Å². The zero-order chi connectivity index (χ0) is 13.4. The second kappa shape index (κ2) is 7.81. The normalized spacial score (nSPS) is 14.1. The van der Waals surface area contributed by atoms with Gasteiger partial charge in [-0.1, -0.05) is 30.3 Å². The van der Waals surface area contributed by atoms with Gasteiger partial charge in [0.25, 0.3) is 0 Å². The maximum absolute atomic E-state index is 10.5. The standard InChI is InChI=1S/C13H18O5/c1-10(13(15)16)18-9-12(14)8-17-7-11-5-3-2-4-6-11/h2-6,10,12,14H,7-9H2,1H3,(H,15,16)/t10-,12?/m1/s1. The van der Waals surface area contributed by atoms with Crippen LogP contribution in [0.25, 0.3) is 0 Å². The first-order valence-corrected chi connectivity index (χ1v) is 5.73. The number of benzene rings is 1. The van der Waals surface area contributed by atoms with E-state index >= 15 is 0 Å². The molecular formula is C13H18O5. The van der Waals surface area contributed by atoms with E-state index in [1.807, 2.05) is 30.3 Å². The van der Waals surface area contributed by atoms with Gasteiger partial charge in [0.1, 0.15) is 6.10 Å². The van der Waals surface area contributed by atoms with E-state index in [0.717, 1.165) is 5.56 Å². The molecule has 2 N–H and O–H groups in total. The minimum absolute atomic E-state index is 0.0533. The van der Waals surface area contributed by atoms with Gasteiger partial charge in [0.15, 0.2) is 6.10 Å². The molecule has 0 aliphatic carbocycles. The van der Waals surface area contributed by atoms with Gasteiger partial charge in [0, 0.05) is 0 Å². The smallest absolute Gasteiger partial charge is 0.332 e. The second-order valence-electron chi connectivity index (χ2n) is 3.97. The summed E-state index contributed by atoms with van der Waals surface area (Å²) < 4.78 is 10.2. The molecule has 0 saturated heterocycles. The summed E-state index contributed by atoms with van der Waals surface area (Å²) in [7, 11) is 0. The Kier molecular flexibility index (Phi) is 6.35. The predicted molar refractivity (Wildman–Crippen MR) is 65.2 cm³/mol. The fourth-order valence-electron chi connectivity index (χ4n) is 1.26. The van der Waals surface area contributed by atoms with E-state index in [-0.39, 0.29) is 13.2 Å². The number of carboxylic acid groups (broad SMARTS) is 1. The Bertz CT molecular complexity index is 352. The highest BCUT2D eigenvalue weighted by Crippen LogP contribution is 2.01. The van der Waals surface area contributed by atoms with Crippen molar-refractivity contribution in [2.75, 3.05) is 13.2 Å². The molecule has 0 aliphatic rings. The molecule has 100 valence electrons. The Morgan fingerprint density at radius 1 is 1.28 bits per heavy atom. The molecule has 2 atom stereocenters. The third kappa shape index (κ3) is 5.77. The molecule has 0 heterocycles. The van der Waals surface area contributed by atoms with Gasteiger partial charge in [-0.25, -0.2) is 4.79 Å². The molecular weight excluding hydrogens is 236 g/mol. The first-order valence-electron chi connectivity index (χ1n) is 5.73. The summed E-state index contributed by atoms with van der Waals surface area (Å²) in [5.74, 6) is -1.05. The van der Waals surface area contributed by atoms with Crippen molar-refractivity contribution in [1.29, 1.82) is 0 Å². The molecule has 0 radical (unpaired) electrons. The number of carbonyl (C=O) groups is 1. The van der Waals surface area contributed by atoms with Crippen LogP contribution in [-0.2, 0) is 20.9 Å². The average molecular weight is 254 g/mol. The molecule has 5 nitrogen and oxygen atoms in total. The lowest BCUT2D eigenvalue weighted by molar-refractivity contribution is -0.151. The monoisotopic (exact) mass is 254 g/mol. The van der Waals surface area contributed by atoms with Gasteiger partial charge in [0.05, 0.1) is 19.8 Å². The summed E-state index contributed by atoms with van der Waals surface area (Å²) in [6, 6.07) is 9.59. The van der Waals surface area contributed by atoms with Gasteiger partial charge in [-0.3, -0.25) is 0 Å². The van der Waals surface area contributed by atoms with Crippen LogP contribution in [0.5, 0.6) is 0 Å². The second-order valence-corrected chi connectivity index (χ2v) is 3.97. The summed E-state index contributed by atoms with van der Waals surface area (Å²) in [6.45, 7) is 1.88. The quantitative estimate of drug-likeness (QED) is 0.725. The highest BCUT2D eigenvalue weighted by Gasteiger charge is 2.13. The molecule has 0 saturated carbocycles. The lowest BCUT2D eigenvalue weighted by Crippen LogP contribution is -2.28. The van der Waals surface area contributed by atoms with Crippen molar-refractivity contribution in [2.24, 2.45) is 0 Å². The van der Waals surface area contributed by atoms with Crippen LogP contribution in [0.15, 0.2) is 30.3 Å². The van der Waals surface area contributed by atoms with Gasteiger partial charge in [-0.15, -0.1) is 0 Å². The first kappa shape index (κ1) is 14.6. The Labute approximate surface area is 106 Å². The Morgan fingerprint density at radius 2 is 1.94 bits per heavy atom. The molecule has 0 bridgehead atoms. The molecule has 1 aromatic carbocycles. The molecule has 0 spiro atoms. The molecule has 1 rings (SSSR count). The van der Waals surface area contributed by atoms with Crippen molar-refractivity contribution in [1.82, 2.24) is 0 Å². The highest BCUT2D eigenvalue weighted by molar-refractivity contribution is 5.71. The van der Waals surface area contributed by atoms with Crippen molar-refractivity contribution < 1.29 is 24.5 Å². The van der Waals surface area contributed by atoms with Crippen LogP contribution in [0.4, 0.5) is 0 Å². The van der Waals surface area contributed by atoms with Crippen molar-refractivity contribution in [3.63, 3.8) is 0 Å². The minimum Gasteiger partial charge on any atom is -0.479 e. The number of carboxylic acids is 1. The van der Waals surface area contributed by atoms with Crippen molar-refractivity contribution in [3.8, 4) is 0 Å². The Morgan fingerprint density at radius 3 is 2.56 bits per heavy atom. The molecule has 0 aliphatic heterocycles. The molecule has 1 unspecified atom stereocenters. The average Bonchev–Trinajstić information content (AvgIpc) is 2.37. The molecule has 0 fully saturated rings. The number of hydrogen-bond acceptors (Lipinski definition) is 4. The zero-order valence-corrected chi connectivity index (χ0v) is 10.3. The maximum Gasteiger partial charge on any atom is 0.332 e. The number of aliphatic carboxylic acids is 1. The van der Waals surface area contributed by atoms with E-state index in [0.29, 0.717) is 6.61 Å². The third-order valence-corrected chi connectivity index (χ3v) is 2.31. The van der Waals surface area contributed by atoms with Gasteiger partial charge >= 0.3 is 5.97 Å².